The summed E-state index contributed by atoms with van der Waals surface area (Å²) in [6.07, 6.45) is 11.4. The average Bonchev–Trinajstić information content (AvgIpc) is 3.37. The first-order valence-electron chi connectivity index (χ1n) is 10.9. The summed E-state index contributed by atoms with van der Waals surface area (Å²) in [4.78, 5) is 9.73. The van der Waals surface area contributed by atoms with Gasteiger partial charge in [0.25, 0.3) is 0 Å². The molecule has 4 aliphatic rings. The molecule has 2 atom stereocenters. The fourth-order valence-electron chi connectivity index (χ4n) is 5.12. The summed E-state index contributed by atoms with van der Waals surface area (Å²) >= 11 is 0. The summed E-state index contributed by atoms with van der Waals surface area (Å²) in [5.74, 6) is 2.17. The highest BCUT2D eigenvalue weighted by Gasteiger charge is 2.34. The molecule has 2 unspecified atom stereocenters. The lowest BCUT2D eigenvalue weighted by molar-refractivity contribution is 0.0903. The van der Waals surface area contributed by atoms with Gasteiger partial charge in [-0.2, -0.15) is 19.6 Å². The van der Waals surface area contributed by atoms with Crippen LogP contribution in [0.25, 0.3) is 5.65 Å². The van der Waals surface area contributed by atoms with Crippen LogP contribution in [0.2, 0.25) is 0 Å². The highest BCUT2D eigenvalue weighted by Crippen LogP contribution is 2.42. The number of fused-ring (bicyclic) bond motifs is 3. The second-order valence-corrected chi connectivity index (χ2v) is 8.96. The van der Waals surface area contributed by atoms with E-state index in [2.05, 4.69) is 21.0 Å². The summed E-state index contributed by atoms with van der Waals surface area (Å²) < 4.78 is 7.41. The van der Waals surface area contributed by atoms with Gasteiger partial charge in [-0.25, -0.2) is 0 Å². The van der Waals surface area contributed by atoms with E-state index in [9.17, 15) is 0 Å². The molecule has 2 aromatic heterocycles. The Morgan fingerprint density at radius 2 is 1.71 bits per heavy atom. The molecule has 4 fully saturated rings. The number of piperidine rings is 1. The molecule has 2 aromatic rings. The monoisotopic (exact) mass is 383 g/mol. The molecule has 1 aliphatic carbocycles. The summed E-state index contributed by atoms with van der Waals surface area (Å²) in [7, 11) is 0. The topological polar surface area (TPSA) is 88.4 Å². The Hall–Kier alpha value is -1.93. The molecule has 8 heteroatoms. The number of ether oxygens (including phenoxy) is 1. The van der Waals surface area contributed by atoms with Crippen LogP contribution < -0.4 is 16.0 Å². The van der Waals surface area contributed by atoms with Crippen molar-refractivity contribution in [3.8, 4) is 0 Å². The van der Waals surface area contributed by atoms with Crippen molar-refractivity contribution in [1.82, 2.24) is 24.9 Å². The molecule has 3 saturated heterocycles. The second kappa shape index (κ2) is 6.84. The molecule has 8 nitrogen and oxygen atoms in total. The Morgan fingerprint density at radius 3 is 2.46 bits per heavy atom. The lowest BCUT2D eigenvalue weighted by Crippen LogP contribution is -2.43. The lowest BCUT2D eigenvalue weighted by atomic mass is 10.0. The predicted molar refractivity (Wildman–Crippen MR) is 107 cm³/mol. The zero-order valence-corrected chi connectivity index (χ0v) is 16.2. The Bertz CT molecular complexity index is 846. The lowest BCUT2D eigenvalue weighted by Gasteiger charge is -2.30. The predicted octanol–water partition coefficient (Wildman–Crippen LogP) is 2.29. The van der Waals surface area contributed by atoms with Gasteiger partial charge in [0.05, 0.1) is 6.20 Å². The maximum atomic E-state index is 5.49. The van der Waals surface area contributed by atoms with Gasteiger partial charge in [0, 0.05) is 42.9 Å². The van der Waals surface area contributed by atoms with Gasteiger partial charge in [-0.05, 0) is 57.3 Å². The van der Waals surface area contributed by atoms with E-state index in [-0.39, 0.29) is 0 Å². The van der Waals surface area contributed by atoms with Crippen LogP contribution in [0, 0.1) is 0 Å². The van der Waals surface area contributed by atoms with Crippen LogP contribution in [0.4, 0.5) is 11.9 Å². The maximum absolute atomic E-state index is 5.49. The van der Waals surface area contributed by atoms with E-state index in [1.54, 1.807) is 0 Å². The zero-order chi connectivity index (χ0) is 18.5. The Labute approximate surface area is 164 Å². The Kier molecular flexibility index (Phi) is 4.15. The number of nitrogens with zero attached hydrogens (tertiary/aromatic N) is 4. The normalized spacial score (nSPS) is 30.6. The molecule has 3 aliphatic heterocycles. The highest BCUT2D eigenvalue weighted by molar-refractivity contribution is 5.57. The second-order valence-electron chi connectivity index (χ2n) is 8.96. The van der Waals surface area contributed by atoms with Gasteiger partial charge in [-0.1, -0.05) is 0 Å². The van der Waals surface area contributed by atoms with E-state index in [4.69, 9.17) is 14.7 Å². The van der Waals surface area contributed by atoms with Crippen LogP contribution in [0.15, 0.2) is 6.20 Å². The fourth-order valence-corrected chi connectivity index (χ4v) is 5.12. The smallest absolute Gasteiger partial charge is 0.229 e. The van der Waals surface area contributed by atoms with Crippen LogP contribution in [0.3, 0.4) is 0 Å². The van der Waals surface area contributed by atoms with E-state index in [1.165, 1.54) is 31.2 Å². The van der Waals surface area contributed by atoms with Crippen LogP contribution in [0.5, 0.6) is 0 Å². The molecule has 1 saturated carbocycles. The number of hydrogen-bond donors (Lipinski definition) is 3. The largest absolute Gasteiger partial charge is 0.381 e. The summed E-state index contributed by atoms with van der Waals surface area (Å²) in [6, 6.07) is 2.12. The van der Waals surface area contributed by atoms with Gasteiger partial charge >= 0.3 is 0 Å². The molecule has 28 heavy (non-hydrogen) atoms. The van der Waals surface area contributed by atoms with E-state index in [0.29, 0.717) is 30.1 Å². The minimum absolute atomic E-state index is 0.381. The average molecular weight is 384 g/mol. The van der Waals surface area contributed by atoms with Crippen molar-refractivity contribution in [2.45, 2.75) is 81.5 Å². The Morgan fingerprint density at radius 1 is 0.929 bits per heavy atom. The molecule has 5 heterocycles. The molecular formula is C20H29N7O. The summed E-state index contributed by atoms with van der Waals surface area (Å²) in [5.41, 5.74) is 2.23. The van der Waals surface area contributed by atoms with E-state index in [1.807, 2.05) is 10.7 Å². The van der Waals surface area contributed by atoms with E-state index < -0.39 is 0 Å². The first-order valence-corrected chi connectivity index (χ1v) is 10.9. The van der Waals surface area contributed by atoms with Crippen LogP contribution >= 0.6 is 0 Å². The fraction of sp³-hybridized carbons (Fsp3) is 0.750. The molecule has 0 amide bonds. The number of anilines is 2. The molecule has 0 radical (unpaired) electrons. The van der Waals surface area contributed by atoms with Crippen molar-refractivity contribution in [2.24, 2.45) is 0 Å². The van der Waals surface area contributed by atoms with Crippen molar-refractivity contribution in [1.29, 1.82) is 0 Å². The first kappa shape index (κ1) is 17.0. The van der Waals surface area contributed by atoms with Gasteiger partial charge in [0.2, 0.25) is 11.9 Å². The van der Waals surface area contributed by atoms with Crippen molar-refractivity contribution >= 4 is 17.5 Å². The van der Waals surface area contributed by atoms with Gasteiger partial charge < -0.3 is 20.7 Å². The van der Waals surface area contributed by atoms with Gasteiger partial charge in [0.15, 0.2) is 5.65 Å². The molecule has 6 rings (SSSR count). The quantitative estimate of drug-likeness (QED) is 0.730. The van der Waals surface area contributed by atoms with Crippen molar-refractivity contribution in [2.75, 3.05) is 23.8 Å². The van der Waals surface area contributed by atoms with Crippen LogP contribution in [0.1, 0.15) is 62.8 Å². The summed E-state index contributed by atoms with van der Waals surface area (Å²) in [6.45, 7) is 1.62. The van der Waals surface area contributed by atoms with Crippen LogP contribution in [-0.2, 0) is 4.74 Å². The van der Waals surface area contributed by atoms with E-state index >= 15 is 0 Å². The van der Waals surface area contributed by atoms with Crippen molar-refractivity contribution in [3.05, 3.63) is 11.8 Å². The van der Waals surface area contributed by atoms with Gasteiger partial charge in [0.1, 0.15) is 0 Å². The number of rotatable bonds is 5. The molecular weight excluding hydrogens is 354 g/mol. The minimum Gasteiger partial charge on any atom is -0.381 e. The summed E-state index contributed by atoms with van der Waals surface area (Å²) in [5, 5.41) is 15.7. The minimum atomic E-state index is 0.381. The molecule has 3 N–H and O–H groups in total. The molecule has 0 spiro atoms. The van der Waals surface area contributed by atoms with Gasteiger partial charge in [-0.3, -0.25) is 0 Å². The SMILES string of the molecule is c1nn2c(NC3CC4CCC(C3)N4)nc(NC3CCOCC3)nc2c1C1CC1. The third kappa shape index (κ3) is 3.22. The standard InChI is InChI=1S/C20H29N7O/c1-2-12(1)17-11-21-27-18(17)25-19(23-13-5-7-28-8-6-13)26-20(27)24-16-9-14-3-4-15(10-16)22-14/h11-16,22H,1-10H2,(H2,23,24,25,26). The molecule has 150 valence electrons. The maximum Gasteiger partial charge on any atom is 0.229 e. The third-order valence-electron chi connectivity index (χ3n) is 6.77. The highest BCUT2D eigenvalue weighted by atomic mass is 16.5. The number of hydrogen-bond acceptors (Lipinski definition) is 7. The van der Waals surface area contributed by atoms with Crippen molar-refractivity contribution < 1.29 is 4.74 Å². The molecule has 2 bridgehead atoms. The van der Waals surface area contributed by atoms with Crippen LogP contribution in [-0.4, -0.2) is 57.0 Å². The number of aromatic nitrogens is 4. The third-order valence-corrected chi connectivity index (χ3v) is 6.77. The molecule has 0 aromatic carbocycles. The first-order chi connectivity index (χ1) is 13.8. The van der Waals surface area contributed by atoms with E-state index in [0.717, 1.165) is 56.4 Å². The zero-order valence-electron chi connectivity index (χ0n) is 16.2. The Balaban J connectivity index is 1.31. The number of nitrogens with one attached hydrogen (secondary N) is 3. The van der Waals surface area contributed by atoms with Gasteiger partial charge in [-0.15, -0.1) is 0 Å². The van der Waals surface area contributed by atoms with Crippen molar-refractivity contribution in [3.63, 3.8) is 0 Å².